The molecule has 0 spiro atoms. The van der Waals surface area contributed by atoms with Gasteiger partial charge >= 0.3 is 0 Å². The summed E-state index contributed by atoms with van der Waals surface area (Å²) in [5.41, 5.74) is 3.46. The summed E-state index contributed by atoms with van der Waals surface area (Å²) in [5, 5.41) is 8.11. The summed E-state index contributed by atoms with van der Waals surface area (Å²) in [4.78, 5) is 15.6. The predicted molar refractivity (Wildman–Crippen MR) is 131 cm³/mol. The number of fused-ring (bicyclic) bond motifs is 1. The molecular weight excluding hydrogens is 440 g/mol. The van der Waals surface area contributed by atoms with Gasteiger partial charge in [-0.15, -0.1) is 0 Å². The lowest BCUT2D eigenvalue weighted by Crippen LogP contribution is -2.36. The van der Waals surface area contributed by atoms with Crippen molar-refractivity contribution in [3.05, 3.63) is 65.9 Å². The van der Waals surface area contributed by atoms with Crippen LogP contribution in [0.1, 0.15) is 0 Å². The monoisotopic (exact) mass is 462 g/mol. The Hall–Kier alpha value is -3.62. The number of methoxy groups -OCH3 is 1. The quantitative estimate of drug-likeness (QED) is 0.413. The van der Waals surface area contributed by atoms with Gasteiger partial charge in [-0.25, -0.2) is 4.98 Å². The van der Waals surface area contributed by atoms with Crippen LogP contribution in [0.3, 0.4) is 0 Å². The van der Waals surface area contributed by atoms with Gasteiger partial charge in [0.2, 0.25) is 5.95 Å². The van der Waals surface area contributed by atoms with Crippen LogP contribution in [0.25, 0.3) is 10.9 Å². The summed E-state index contributed by atoms with van der Waals surface area (Å²) in [6.07, 6.45) is 3.43. The molecule has 2 aromatic heterocycles. The number of pyridine rings is 1. The van der Waals surface area contributed by atoms with Gasteiger partial charge in [0.1, 0.15) is 11.6 Å². The molecule has 5 rings (SSSR count). The standard InChI is InChI=1S/C24H23ClN6O2/c1-32-21-14-17(5-6-20(21)31-9-11-33-12-10-31)29-24-26-8-7-22(30-24)28-18-13-16-3-2-4-19(25)23(16)27-15-18/h2-8,13-15H,9-12H2,1H3,(H2,26,28,29,30). The number of aromatic nitrogens is 3. The Labute approximate surface area is 196 Å². The Morgan fingerprint density at radius 2 is 1.88 bits per heavy atom. The van der Waals surface area contributed by atoms with Crippen molar-refractivity contribution in [3.63, 3.8) is 0 Å². The fourth-order valence-electron chi connectivity index (χ4n) is 3.78. The van der Waals surface area contributed by atoms with E-state index in [9.17, 15) is 0 Å². The van der Waals surface area contributed by atoms with Crippen LogP contribution in [0.2, 0.25) is 5.02 Å². The lowest BCUT2D eigenvalue weighted by atomic mass is 10.2. The number of hydrogen-bond acceptors (Lipinski definition) is 8. The molecule has 8 nitrogen and oxygen atoms in total. The maximum Gasteiger partial charge on any atom is 0.229 e. The normalized spacial score (nSPS) is 13.7. The van der Waals surface area contributed by atoms with Gasteiger partial charge in [-0.3, -0.25) is 4.98 Å². The molecule has 0 saturated carbocycles. The van der Waals surface area contributed by atoms with Crippen LogP contribution in [0, 0.1) is 0 Å². The molecule has 0 atom stereocenters. The maximum absolute atomic E-state index is 6.21. The van der Waals surface area contributed by atoms with E-state index in [1.807, 2.05) is 42.5 Å². The van der Waals surface area contributed by atoms with Crippen LogP contribution < -0.4 is 20.3 Å². The van der Waals surface area contributed by atoms with Crippen LogP contribution in [0.4, 0.5) is 28.8 Å². The van der Waals surface area contributed by atoms with E-state index in [1.54, 1.807) is 25.6 Å². The Morgan fingerprint density at radius 1 is 1.00 bits per heavy atom. The number of anilines is 5. The highest BCUT2D eigenvalue weighted by Gasteiger charge is 2.16. The lowest BCUT2D eigenvalue weighted by molar-refractivity contribution is 0.122. The van der Waals surface area contributed by atoms with Crippen LogP contribution in [-0.4, -0.2) is 48.4 Å². The number of para-hydroxylation sites is 1. The van der Waals surface area contributed by atoms with Crippen molar-refractivity contribution in [1.29, 1.82) is 0 Å². The van der Waals surface area contributed by atoms with E-state index < -0.39 is 0 Å². The van der Waals surface area contributed by atoms with Gasteiger partial charge < -0.3 is 25.0 Å². The third-order valence-corrected chi connectivity index (χ3v) is 5.68. The van der Waals surface area contributed by atoms with Crippen molar-refractivity contribution < 1.29 is 9.47 Å². The van der Waals surface area contributed by atoms with Crippen molar-refractivity contribution in [2.75, 3.05) is 48.9 Å². The summed E-state index contributed by atoms with van der Waals surface area (Å²) in [6.45, 7) is 3.12. The van der Waals surface area contributed by atoms with Gasteiger partial charge in [0.15, 0.2) is 0 Å². The first kappa shape index (κ1) is 21.2. The van der Waals surface area contributed by atoms with Crippen LogP contribution in [0.5, 0.6) is 5.75 Å². The van der Waals surface area contributed by atoms with Gasteiger partial charge in [0.25, 0.3) is 0 Å². The predicted octanol–water partition coefficient (Wildman–Crippen LogP) is 5.01. The molecule has 1 aliphatic rings. The van der Waals surface area contributed by atoms with Crippen molar-refractivity contribution in [3.8, 4) is 5.75 Å². The minimum absolute atomic E-state index is 0.470. The summed E-state index contributed by atoms with van der Waals surface area (Å²) >= 11 is 6.21. The molecular formula is C24H23ClN6O2. The third kappa shape index (κ3) is 4.76. The van der Waals surface area contributed by atoms with E-state index in [1.165, 1.54) is 0 Å². The number of hydrogen-bond donors (Lipinski definition) is 2. The van der Waals surface area contributed by atoms with E-state index >= 15 is 0 Å². The molecule has 0 radical (unpaired) electrons. The van der Waals surface area contributed by atoms with E-state index in [0.29, 0.717) is 16.8 Å². The molecule has 33 heavy (non-hydrogen) atoms. The summed E-state index contributed by atoms with van der Waals surface area (Å²) in [7, 11) is 1.68. The molecule has 168 valence electrons. The molecule has 3 heterocycles. The van der Waals surface area contributed by atoms with E-state index in [-0.39, 0.29) is 0 Å². The molecule has 0 aliphatic carbocycles. The second kappa shape index (κ2) is 9.48. The summed E-state index contributed by atoms with van der Waals surface area (Å²) in [6, 6.07) is 15.5. The highest BCUT2D eigenvalue weighted by atomic mass is 35.5. The van der Waals surface area contributed by atoms with E-state index in [0.717, 1.165) is 60.0 Å². The van der Waals surface area contributed by atoms with Gasteiger partial charge in [-0.05, 0) is 30.3 Å². The first-order chi connectivity index (χ1) is 16.2. The Kier molecular flexibility index (Phi) is 6.10. The van der Waals surface area contributed by atoms with Crippen LogP contribution in [-0.2, 0) is 4.74 Å². The number of ether oxygens (including phenoxy) is 2. The number of halogens is 1. The molecule has 1 fully saturated rings. The van der Waals surface area contributed by atoms with Crippen molar-refractivity contribution >= 4 is 51.3 Å². The average molecular weight is 463 g/mol. The molecule has 2 aromatic carbocycles. The van der Waals surface area contributed by atoms with E-state index in [4.69, 9.17) is 21.1 Å². The second-order valence-corrected chi connectivity index (χ2v) is 7.94. The number of rotatable bonds is 6. The number of morpholine rings is 1. The zero-order chi connectivity index (χ0) is 22.6. The number of nitrogens with zero attached hydrogens (tertiary/aromatic N) is 4. The molecule has 0 amide bonds. The number of benzene rings is 2. The molecule has 0 unspecified atom stereocenters. The molecule has 1 aliphatic heterocycles. The molecule has 0 bridgehead atoms. The summed E-state index contributed by atoms with van der Waals surface area (Å²) < 4.78 is 11.1. The maximum atomic E-state index is 6.21. The SMILES string of the molecule is COc1cc(Nc2nccc(Nc3cnc4c(Cl)cccc4c3)n2)ccc1N1CCOCC1. The Balaban J connectivity index is 1.33. The second-order valence-electron chi connectivity index (χ2n) is 7.54. The first-order valence-corrected chi connectivity index (χ1v) is 11.0. The molecule has 2 N–H and O–H groups in total. The van der Waals surface area contributed by atoms with Crippen molar-refractivity contribution in [2.24, 2.45) is 0 Å². The molecule has 1 saturated heterocycles. The average Bonchev–Trinajstić information content (AvgIpc) is 2.85. The van der Waals surface area contributed by atoms with Gasteiger partial charge in [0.05, 0.1) is 48.4 Å². The zero-order valence-electron chi connectivity index (χ0n) is 18.1. The van der Waals surface area contributed by atoms with Crippen LogP contribution >= 0.6 is 11.6 Å². The first-order valence-electron chi connectivity index (χ1n) is 10.6. The smallest absolute Gasteiger partial charge is 0.229 e. The Morgan fingerprint density at radius 3 is 2.73 bits per heavy atom. The molecule has 9 heteroatoms. The summed E-state index contributed by atoms with van der Waals surface area (Å²) in [5.74, 6) is 1.91. The van der Waals surface area contributed by atoms with Gasteiger partial charge in [-0.1, -0.05) is 23.7 Å². The van der Waals surface area contributed by atoms with Gasteiger partial charge in [0, 0.05) is 36.4 Å². The topological polar surface area (TPSA) is 84.4 Å². The van der Waals surface area contributed by atoms with Crippen LogP contribution in [0.15, 0.2) is 60.9 Å². The fourth-order valence-corrected chi connectivity index (χ4v) is 4.01. The zero-order valence-corrected chi connectivity index (χ0v) is 18.8. The molecule has 4 aromatic rings. The number of nitrogens with one attached hydrogen (secondary N) is 2. The van der Waals surface area contributed by atoms with Crippen molar-refractivity contribution in [1.82, 2.24) is 15.0 Å². The van der Waals surface area contributed by atoms with Crippen molar-refractivity contribution in [2.45, 2.75) is 0 Å². The fraction of sp³-hybridized carbons (Fsp3) is 0.208. The van der Waals surface area contributed by atoms with Gasteiger partial charge in [-0.2, -0.15) is 4.98 Å². The third-order valence-electron chi connectivity index (χ3n) is 5.38. The highest BCUT2D eigenvalue weighted by Crippen LogP contribution is 2.32. The highest BCUT2D eigenvalue weighted by molar-refractivity contribution is 6.35. The minimum Gasteiger partial charge on any atom is -0.495 e. The minimum atomic E-state index is 0.470. The van der Waals surface area contributed by atoms with E-state index in [2.05, 4.69) is 30.5 Å². The largest absolute Gasteiger partial charge is 0.495 e. The lowest BCUT2D eigenvalue weighted by Gasteiger charge is -2.30. The Bertz CT molecular complexity index is 1280.